The Morgan fingerprint density at radius 3 is 2.40 bits per heavy atom. The summed E-state index contributed by atoms with van der Waals surface area (Å²) in [5.41, 5.74) is 2.67. The van der Waals surface area contributed by atoms with Crippen molar-refractivity contribution in [1.82, 2.24) is 4.90 Å². The molecule has 3 heteroatoms. The Morgan fingerprint density at radius 1 is 1.15 bits per heavy atom. The van der Waals surface area contributed by atoms with Gasteiger partial charge in [0.15, 0.2) is 0 Å². The van der Waals surface area contributed by atoms with Crippen molar-refractivity contribution in [2.45, 2.75) is 45.3 Å². The van der Waals surface area contributed by atoms with Gasteiger partial charge in [0.05, 0.1) is 6.10 Å². The number of hydrogen-bond acceptors (Lipinski definition) is 3. The molecule has 0 unspecified atom stereocenters. The Labute approximate surface area is 123 Å². The van der Waals surface area contributed by atoms with E-state index in [4.69, 9.17) is 0 Å². The average Bonchev–Trinajstić information content (AvgIpc) is 2.48. The average molecular weight is 276 g/mol. The SMILES string of the molecule is CC[C@@H](O)CN(C)Cc1ccc(N2CCCCC2)cc1. The molecule has 1 saturated heterocycles. The monoisotopic (exact) mass is 276 g/mol. The van der Waals surface area contributed by atoms with Crippen molar-refractivity contribution in [3.05, 3.63) is 29.8 Å². The molecule has 1 N–H and O–H groups in total. The highest BCUT2D eigenvalue weighted by Gasteiger charge is 2.11. The van der Waals surface area contributed by atoms with Crippen LogP contribution in [0.1, 0.15) is 38.2 Å². The van der Waals surface area contributed by atoms with E-state index in [9.17, 15) is 5.11 Å². The summed E-state index contributed by atoms with van der Waals surface area (Å²) in [5, 5.41) is 9.67. The standard InChI is InChI=1S/C17H28N2O/c1-3-17(20)14-18(2)13-15-7-9-16(10-8-15)19-11-5-4-6-12-19/h7-10,17,20H,3-6,11-14H2,1-2H3/t17-/m1/s1. The zero-order valence-electron chi connectivity index (χ0n) is 12.9. The third-order valence-corrected chi connectivity index (χ3v) is 4.10. The second-order valence-electron chi connectivity index (χ2n) is 5.97. The highest BCUT2D eigenvalue weighted by Crippen LogP contribution is 2.20. The number of aliphatic hydroxyl groups is 1. The van der Waals surface area contributed by atoms with Gasteiger partial charge in [0.25, 0.3) is 0 Å². The van der Waals surface area contributed by atoms with E-state index in [0.717, 1.165) is 19.5 Å². The summed E-state index contributed by atoms with van der Waals surface area (Å²) in [6.45, 7) is 6.05. The summed E-state index contributed by atoms with van der Waals surface area (Å²) >= 11 is 0. The minimum absolute atomic E-state index is 0.215. The van der Waals surface area contributed by atoms with Gasteiger partial charge in [-0.05, 0) is 50.4 Å². The molecule has 20 heavy (non-hydrogen) atoms. The smallest absolute Gasteiger partial charge is 0.0664 e. The Balaban J connectivity index is 1.87. The third kappa shape index (κ3) is 4.50. The van der Waals surface area contributed by atoms with Crippen molar-refractivity contribution in [1.29, 1.82) is 0 Å². The molecule has 1 aromatic carbocycles. The summed E-state index contributed by atoms with van der Waals surface area (Å²) in [6.07, 6.45) is 4.61. The van der Waals surface area contributed by atoms with Crippen LogP contribution in [0.25, 0.3) is 0 Å². The van der Waals surface area contributed by atoms with E-state index < -0.39 is 0 Å². The van der Waals surface area contributed by atoms with Gasteiger partial charge in [0, 0.05) is 31.9 Å². The minimum Gasteiger partial charge on any atom is -0.392 e. The van der Waals surface area contributed by atoms with Gasteiger partial charge < -0.3 is 10.0 Å². The molecule has 2 rings (SSSR count). The second kappa shape index (κ2) is 7.65. The summed E-state index contributed by atoms with van der Waals surface area (Å²) in [6, 6.07) is 8.92. The maximum Gasteiger partial charge on any atom is 0.0664 e. The van der Waals surface area contributed by atoms with Gasteiger partial charge in [-0.25, -0.2) is 0 Å². The Morgan fingerprint density at radius 2 is 1.80 bits per heavy atom. The van der Waals surface area contributed by atoms with Crippen LogP contribution in [0, 0.1) is 0 Å². The maximum atomic E-state index is 9.67. The van der Waals surface area contributed by atoms with Crippen molar-refractivity contribution in [2.24, 2.45) is 0 Å². The van der Waals surface area contributed by atoms with Gasteiger partial charge in [-0.15, -0.1) is 0 Å². The zero-order valence-corrected chi connectivity index (χ0v) is 12.9. The van der Waals surface area contributed by atoms with Gasteiger partial charge in [-0.2, -0.15) is 0 Å². The lowest BCUT2D eigenvalue weighted by Gasteiger charge is -2.29. The normalized spacial score (nSPS) is 17.5. The van der Waals surface area contributed by atoms with Crippen molar-refractivity contribution in [3.63, 3.8) is 0 Å². The van der Waals surface area contributed by atoms with Gasteiger partial charge >= 0.3 is 0 Å². The number of benzene rings is 1. The zero-order chi connectivity index (χ0) is 14.4. The van der Waals surface area contributed by atoms with Gasteiger partial charge in [0.2, 0.25) is 0 Å². The van der Waals surface area contributed by atoms with Gasteiger partial charge in [0.1, 0.15) is 0 Å². The minimum atomic E-state index is -0.215. The Kier molecular flexibility index (Phi) is 5.86. The van der Waals surface area contributed by atoms with E-state index in [2.05, 4.69) is 41.1 Å². The first kappa shape index (κ1) is 15.3. The van der Waals surface area contributed by atoms with Crippen molar-refractivity contribution < 1.29 is 5.11 Å². The van der Waals surface area contributed by atoms with Crippen LogP contribution in [0.5, 0.6) is 0 Å². The molecule has 3 nitrogen and oxygen atoms in total. The topological polar surface area (TPSA) is 26.7 Å². The number of rotatable bonds is 6. The molecular weight excluding hydrogens is 248 g/mol. The molecule has 112 valence electrons. The summed E-state index contributed by atoms with van der Waals surface area (Å²) in [7, 11) is 2.07. The van der Waals surface area contributed by atoms with E-state index >= 15 is 0 Å². The van der Waals surface area contributed by atoms with E-state index in [1.807, 2.05) is 6.92 Å². The Bertz CT molecular complexity index is 384. The first-order valence-corrected chi connectivity index (χ1v) is 7.89. The second-order valence-corrected chi connectivity index (χ2v) is 5.97. The molecule has 0 bridgehead atoms. The highest BCUT2D eigenvalue weighted by molar-refractivity contribution is 5.47. The van der Waals surface area contributed by atoms with Crippen LogP contribution in [0.2, 0.25) is 0 Å². The van der Waals surface area contributed by atoms with Crippen LogP contribution in [0.15, 0.2) is 24.3 Å². The molecule has 1 heterocycles. The van der Waals surface area contributed by atoms with E-state index in [-0.39, 0.29) is 6.10 Å². The van der Waals surface area contributed by atoms with Crippen LogP contribution >= 0.6 is 0 Å². The van der Waals surface area contributed by atoms with Crippen LogP contribution in [-0.2, 0) is 6.54 Å². The van der Waals surface area contributed by atoms with E-state index in [1.54, 1.807) is 0 Å². The number of aliphatic hydroxyl groups excluding tert-OH is 1. The number of piperidine rings is 1. The van der Waals surface area contributed by atoms with Gasteiger partial charge in [-0.3, -0.25) is 4.90 Å². The predicted octanol–water partition coefficient (Wildman–Crippen LogP) is 2.88. The lowest BCUT2D eigenvalue weighted by atomic mass is 10.1. The summed E-state index contributed by atoms with van der Waals surface area (Å²) in [4.78, 5) is 4.67. The number of nitrogens with zero attached hydrogens (tertiary/aromatic N) is 2. The van der Waals surface area contributed by atoms with Crippen LogP contribution < -0.4 is 4.90 Å². The van der Waals surface area contributed by atoms with Crippen LogP contribution in [-0.4, -0.2) is 42.8 Å². The molecule has 0 aliphatic carbocycles. The predicted molar refractivity (Wildman–Crippen MR) is 85.1 cm³/mol. The van der Waals surface area contributed by atoms with Crippen LogP contribution in [0.4, 0.5) is 5.69 Å². The maximum absolute atomic E-state index is 9.67. The first-order valence-electron chi connectivity index (χ1n) is 7.89. The molecule has 1 atom stereocenters. The molecule has 1 aliphatic rings. The fourth-order valence-corrected chi connectivity index (χ4v) is 2.83. The molecular formula is C17H28N2O. The number of hydrogen-bond donors (Lipinski definition) is 1. The van der Waals surface area contributed by atoms with Gasteiger partial charge in [-0.1, -0.05) is 19.1 Å². The highest BCUT2D eigenvalue weighted by atomic mass is 16.3. The molecule has 1 fully saturated rings. The molecule has 0 aromatic heterocycles. The molecule has 0 radical (unpaired) electrons. The molecule has 1 aliphatic heterocycles. The van der Waals surface area contributed by atoms with Crippen molar-refractivity contribution in [2.75, 3.05) is 31.6 Å². The lowest BCUT2D eigenvalue weighted by molar-refractivity contribution is 0.119. The molecule has 1 aromatic rings. The Hall–Kier alpha value is -1.06. The largest absolute Gasteiger partial charge is 0.392 e. The molecule has 0 spiro atoms. The summed E-state index contributed by atoms with van der Waals surface area (Å²) < 4.78 is 0. The number of likely N-dealkylation sites (N-methyl/N-ethyl adjacent to an activating group) is 1. The lowest BCUT2D eigenvalue weighted by Crippen LogP contribution is -2.29. The quantitative estimate of drug-likeness (QED) is 0.865. The van der Waals surface area contributed by atoms with Crippen LogP contribution in [0.3, 0.4) is 0 Å². The summed E-state index contributed by atoms with van der Waals surface area (Å²) in [5.74, 6) is 0. The fourth-order valence-electron chi connectivity index (χ4n) is 2.83. The third-order valence-electron chi connectivity index (χ3n) is 4.10. The number of anilines is 1. The molecule has 0 saturated carbocycles. The van der Waals surface area contributed by atoms with Crippen molar-refractivity contribution >= 4 is 5.69 Å². The fraction of sp³-hybridized carbons (Fsp3) is 0.647. The van der Waals surface area contributed by atoms with Crippen molar-refractivity contribution in [3.8, 4) is 0 Å². The molecule has 0 amide bonds. The first-order chi connectivity index (χ1) is 9.69. The van der Waals surface area contributed by atoms with E-state index in [0.29, 0.717) is 0 Å². The van der Waals surface area contributed by atoms with E-state index in [1.165, 1.54) is 43.6 Å².